The second-order valence-electron chi connectivity index (χ2n) is 5.97. The minimum atomic E-state index is -4.19. The fraction of sp³-hybridized carbons (Fsp3) is 0.316. The molecule has 0 fully saturated rings. The Hall–Kier alpha value is -2.82. The lowest BCUT2D eigenvalue weighted by Crippen LogP contribution is -2.31. The van der Waals surface area contributed by atoms with Crippen LogP contribution in [0.3, 0.4) is 0 Å². The van der Waals surface area contributed by atoms with Crippen molar-refractivity contribution in [3.63, 3.8) is 0 Å². The fourth-order valence-corrected chi connectivity index (χ4v) is 3.34. The quantitative estimate of drug-likeness (QED) is 0.484. The topological polar surface area (TPSA) is 135 Å². The second kappa shape index (κ2) is 10.6. The van der Waals surface area contributed by atoms with E-state index in [1.165, 1.54) is 42.6 Å². The molecule has 3 N–H and O–H groups in total. The van der Waals surface area contributed by atoms with Crippen LogP contribution in [0, 0.1) is 0 Å². The summed E-state index contributed by atoms with van der Waals surface area (Å²) in [5, 5.41) is 11.7. The molecule has 0 aliphatic heterocycles. The van der Waals surface area contributed by atoms with Crippen LogP contribution in [0.4, 0.5) is 0 Å². The zero-order chi connectivity index (χ0) is 21.3. The van der Waals surface area contributed by atoms with Crippen LogP contribution in [0.25, 0.3) is 0 Å². The fourth-order valence-electron chi connectivity index (χ4n) is 2.32. The standard InChI is InChI=1S/C19H23N3O6S/c1-2-28-10-4-9-20-18(24)14-5-3-6-17(11-14)29(26,27)22-19(25)15-7-8-16(13-23)21-12-15/h3,5-8,11-12,23H,2,4,9-10,13H2,1H3,(H,20,24)(H,22,25). The van der Waals surface area contributed by atoms with E-state index < -0.39 is 21.8 Å². The van der Waals surface area contributed by atoms with Crippen LogP contribution in [0.15, 0.2) is 47.5 Å². The summed E-state index contributed by atoms with van der Waals surface area (Å²) in [4.78, 5) is 28.0. The molecule has 2 rings (SSSR count). The molecule has 10 heteroatoms. The molecule has 9 nitrogen and oxygen atoms in total. The van der Waals surface area contributed by atoms with E-state index in [4.69, 9.17) is 9.84 Å². The minimum Gasteiger partial charge on any atom is -0.390 e. The molecule has 2 amide bonds. The average Bonchev–Trinajstić information content (AvgIpc) is 2.73. The molecule has 1 aromatic heterocycles. The van der Waals surface area contributed by atoms with Gasteiger partial charge in [-0.2, -0.15) is 0 Å². The third kappa shape index (κ3) is 6.63. The molecular weight excluding hydrogens is 398 g/mol. The first-order chi connectivity index (χ1) is 13.9. The minimum absolute atomic E-state index is 0.0222. The number of rotatable bonds is 10. The molecule has 0 saturated heterocycles. The van der Waals surface area contributed by atoms with Gasteiger partial charge in [0.2, 0.25) is 0 Å². The number of nitrogens with one attached hydrogen (secondary N) is 2. The molecule has 0 radical (unpaired) electrons. The number of benzene rings is 1. The Balaban J connectivity index is 2.05. The zero-order valence-corrected chi connectivity index (χ0v) is 16.7. The largest absolute Gasteiger partial charge is 0.390 e. The van der Waals surface area contributed by atoms with Crippen molar-refractivity contribution in [1.29, 1.82) is 0 Å². The van der Waals surface area contributed by atoms with Gasteiger partial charge in [-0.25, -0.2) is 13.1 Å². The smallest absolute Gasteiger partial charge is 0.266 e. The highest BCUT2D eigenvalue weighted by Crippen LogP contribution is 2.12. The Morgan fingerprint density at radius 2 is 1.93 bits per heavy atom. The normalized spacial score (nSPS) is 11.1. The van der Waals surface area contributed by atoms with E-state index in [0.717, 1.165) is 0 Å². The molecule has 156 valence electrons. The van der Waals surface area contributed by atoms with Gasteiger partial charge in [0.15, 0.2) is 0 Å². The molecule has 0 unspecified atom stereocenters. The van der Waals surface area contributed by atoms with Crippen molar-refractivity contribution in [2.75, 3.05) is 19.8 Å². The Morgan fingerprint density at radius 1 is 1.14 bits per heavy atom. The Morgan fingerprint density at radius 3 is 2.59 bits per heavy atom. The molecule has 0 bridgehead atoms. The van der Waals surface area contributed by atoms with E-state index in [1.54, 1.807) is 0 Å². The molecule has 0 spiro atoms. The number of aromatic nitrogens is 1. The van der Waals surface area contributed by atoms with Crippen LogP contribution < -0.4 is 10.0 Å². The number of sulfonamides is 1. The summed E-state index contributed by atoms with van der Waals surface area (Å²) in [5.41, 5.74) is 0.532. The van der Waals surface area contributed by atoms with E-state index in [1.807, 2.05) is 11.6 Å². The Bertz CT molecular complexity index is 945. The predicted octanol–water partition coefficient (Wildman–Crippen LogP) is 0.849. The van der Waals surface area contributed by atoms with Gasteiger partial charge in [-0.05, 0) is 43.7 Å². The van der Waals surface area contributed by atoms with Gasteiger partial charge < -0.3 is 15.2 Å². The molecule has 0 aliphatic carbocycles. The monoisotopic (exact) mass is 421 g/mol. The summed E-state index contributed by atoms with van der Waals surface area (Å²) in [6.07, 6.45) is 1.80. The lowest BCUT2D eigenvalue weighted by Gasteiger charge is -2.09. The zero-order valence-electron chi connectivity index (χ0n) is 15.9. The highest BCUT2D eigenvalue weighted by atomic mass is 32.2. The maximum absolute atomic E-state index is 12.5. The number of hydrogen-bond donors (Lipinski definition) is 3. The summed E-state index contributed by atoms with van der Waals surface area (Å²) < 4.78 is 32.1. The summed E-state index contributed by atoms with van der Waals surface area (Å²) in [7, 11) is -4.19. The molecule has 29 heavy (non-hydrogen) atoms. The SMILES string of the molecule is CCOCCCNC(=O)c1cccc(S(=O)(=O)NC(=O)c2ccc(CO)nc2)c1. The van der Waals surface area contributed by atoms with E-state index in [9.17, 15) is 18.0 Å². The van der Waals surface area contributed by atoms with E-state index in [0.29, 0.717) is 31.9 Å². The van der Waals surface area contributed by atoms with Gasteiger partial charge in [-0.3, -0.25) is 14.6 Å². The maximum Gasteiger partial charge on any atom is 0.266 e. The van der Waals surface area contributed by atoms with E-state index in [-0.39, 0.29) is 22.6 Å². The average molecular weight is 421 g/mol. The van der Waals surface area contributed by atoms with Crippen LogP contribution in [0.2, 0.25) is 0 Å². The third-order valence-electron chi connectivity index (χ3n) is 3.84. The molecular formula is C19H23N3O6S. The van der Waals surface area contributed by atoms with Crippen molar-refractivity contribution in [2.24, 2.45) is 0 Å². The van der Waals surface area contributed by atoms with Gasteiger partial charge in [-0.15, -0.1) is 0 Å². The summed E-state index contributed by atoms with van der Waals surface area (Å²) in [5.74, 6) is -1.29. The van der Waals surface area contributed by atoms with E-state index in [2.05, 4.69) is 10.3 Å². The number of aliphatic hydroxyl groups is 1. The predicted molar refractivity (Wildman–Crippen MR) is 105 cm³/mol. The van der Waals surface area contributed by atoms with Crippen molar-refractivity contribution in [2.45, 2.75) is 24.8 Å². The highest BCUT2D eigenvalue weighted by Gasteiger charge is 2.20. The number of carbonyl (C=O) groups excluding carboxylic acids is 2. The van der Waals surface area contributed by atoms with Crippen molar-refractivity contribution in [3.05, 3.63) is 59.4 Å². The van der Waals surface area contributed by atoms with Crippen molar-refractivity contribution < 1.29 is 27.9 Å². The maximum atomic E-state index is 12.5. The summed E-state index contributed by atoms with van der Waals surface area (Å²) in [6.45, 7) is 3.10. The van der Waals surface area contributed by atoms with Crippen molar-refractivity contribution >= 4 is 21.8 Å². The molecule has 0 aliphatic rings. The first kappa shape index (κ1) is 22.5. The number of amides is 2. The lowest BCUT2D eigenvalue weighted by atomic mass is 10.2. The number of hydrogen-bond acceptors (Lipinski definition) is 7. The first-order valence-corrected chi connectivity index (χ1v) is 10.4. The molecule has 2 aromatic rings. The Kier molecular flexibility index (Phi) is 8.25. The third-order valence-corrected chi connectivity index (χ3v) is 5.17. The summed E-state index contributed by atoms with van der Waals surface area (Å²) >= 11 is 0. The molecule has 1 aromatic carbocycles. The molecule has 0 atom stereocenters. The number of ether oxygens (including phenoxy) is 1. The van der Waals surface area contributed by atoms with Gasteiger partial charge in [-0.1, -0.05) is 6.07 Å². The van der Waals surface area contributed by atoms with Crippen LogP contribution in [0.5, 0.6) is 0 Å². The molecule has 1 heterocycles. The van der Waals surface area contributed by atoms with Gasteiger partial charge in [0.05, 0.1) is 22.8 Å². The van der Waals surface area contributed by atoms with Gasteiger partial charge in [0.25, 0.3) is 21.8 Å². The second-order valence-corrected chi connectivity index (χ2v) is 7.65. The summed E-state index contributed by atoms with van der Waals surface area (Å²) in [6, 6.07) is 8.16. The van der Waals surface area contributed by atoms with Crippen molar-refractivity contribution in [3.8, 4) is 0 Å². The number of carbonyl (C=O) groups is 2. The number of aliphatic hydroxyl groups excluding tert-OH is 1. The van der Waals surface area contributed by atoms with E-state index >= 15 is 0 Å². The van der Waals surface area contributed by atoms with Gasteiger partial charge in [0.1, 0.15) is 0 Å². The van der Waals surface area contributed by atoms with Crippen LogP contribution >= 0.6 is 0 Å². The first-order valence-electron chi connectivity index (χ1n) is 8.96. The number of nitrogens with zero attached hydrogens (tertiary/aromatic N) is 1. The van der Waals surface area contributed by atoms with Crippen LogP contribution in [0.1, 0.15) is 39.8 Å². The van der Waals surface area contributed by atoms with Crippen molar-refractivity contribution in [1.82, 2.24) is 15.0 Å². The van der Waals surface area contributed by atoms with Crippen LogP contribution in [-0.2, 0) is 21.4 Å². The van der Waals surface area contributed by atoms with Gasteiger partial charge >= 0.3 is 0 Å². The van der Waals surface area contributed by atoms with Crippen LogP contribution in [-0.4, -0.2) is 50.1 Å². The molecule has 0 saturated carbocycles. The number of pyridine rings is 1. The lowest BCUT2D eigenvalue weighted by molar-refractivity contribution is 0.0942. The highest BCUT2D eigenvalue weighted by molar-refractivity contribution is 7.90. The Labute approximate surface area is 169 Å². The van der Waals surface area contributed by atoms with Gasteiger partial charge in [0, 0.05) is 31.5 Å².